The quantitative estimate of drug-likeness (QED) is 0.507. The molecule has 2 aromatic heterocycles. The monoisotopic (exact) mass is 484 g/mol. The lowest BCUT2D eigenvalue weighted by molar-refractivity contribution is -0.117. The smallest absolute Gasteiger partial charge is 0.227 e. The number of carbonyl (C=O) groups is 1. The Kier molecular flexibility index (Phi) is 6.78. The van der Waals surface area contributed by atoms with Crippen LogP contribution in [0.15, 0.2) is 30.5 Å². The first-order valence-electron chi connectivity index (χ1n) is 11.6. The van der Waals surface area contributed by atoms with Crippen LogP contribution in [0.2, 0.25) is 5.02 Å². The maximum atomic E-state index is 12.1. The van der Waals surface area contributed by atoms with Gasteiger partial charge in [-0.1, -0.05) is 17.7 Å². The highest BCUT2D eigenvalue weighted by atomic mass is 35.5. The minimum absolute atomic E-state index is 0.202. The summed E-state index contributed by atoms with van der Waals surface area (Å²) >= 11 is 8.12. The van der Waals surface area contributed by atoms with Crippen molar-refractivity contribution in [2.45, 2.75) is 19.3 Å². The normalized spacial score (nSPS) is 17.9. The molecule has 7 nitrogen and oxygen atoms in total. The number of hydrogen-bond donors (Lipinski definition) is 1. The number of benzene rings is 1. The molecule has 33 heavy (non-hydrogen) atoms. The minimum atomic E-state index is 0.202. The molecule has 0 unspecified atom stereocenters. The number of nitrogens with one attached hydrogen (secondary N) is 1. The third-order valence-corrected chi connectivity index (χ3v) is 7.78. The Morgan fingerprint density at radius 3 is 2.79 bits per heavy atom. The molecule has 0 saturated carbocycles. The zero-order valence-electron chi connectivity index (χ0n) is 18.9. The van der Waals surface area contributed by atoms with Crippen molar-refractivity contribution in [2.75, 3.05) is 63.1 Å². The van der Waals surface area contributed by atoms with E-state index < -0.39 is 0 Å². The summed E-state index contributed by atoms with van der Waals surface area (Å²) in [6, 6.07) is 8.31. The summed E-state index contributed by atoms with van der Waals surface area (Å²) in [4.78, 5) is 29.0. The molecule has 174 valence electrons. The molecule has 2 aliphatic heterocycles. The van der Waals surface area contributed by atoms with E-state index in [1.807, 2.05) is 11.0 Å². The predicted octanol–water partition coefficient (Wildman–Crippen LogP) is 4.19. The third kappa shape index (κ3) is 5.14. The van der Waals surface area contributed by atoms with Crippen LogP contribution in [0.4, 0.5) is 11.6 Å². The molecule has 5 rings (SSSR count). The lowest BCUT2D eigenvalue weighted by Crippen LogP contribution is -2.44. The molecular weight excluding hydrogens is 456 g/mol. The fourth-order valence-corrected chi connectivity index (χ4v) is 5.77. The van der Waals surface area contributed by atoms with Gasteiger partial charge in [-0.3, -0.25) is 4.79 Å². The number of anilines is 2. The molecule has 2 saturated heterocycles. The number of rotatable bonds is 7. The molecule has 0 radical (unpaired) electrons. The fraction of sp³-hybridized carbons (Fsp3) is 0.458. The van der Waals surface area contributed by atoms with Crippen LogP contribution in [-0.2, 0) is 4.79 Å². The summed E-state index contributed by atoms with van der Waals surface area (Å²) in [7, 11) is 2.18. The number of aromatic nitrogens is 2. The van der Waals surface area contributed by atoms with Crippen molar-refractivity contribution >= 4 is 50.6 Å². The maximum absolute atomic E-state index is 12.1. The van der Waals surface area contributed by atoms with Gasteiger partial charge in [-0.2, -0.15) is 0 Å². The number of carbonyl (C=O) groups excluding carboxylic acids is 1. The SMILES string of the molecule is CN1CCN(CCCNc2ncc(Cl)c(-c3cc4ccc(N5CCCC5=O)cc4s3)n2)CC1. The van der Waals surface area contributed by atoms with Gasteiger partial charge in [-0.15, -0.1) is 11.3 Å². The molecular formula is C24H29ClN6OS. The minimum Gasteiger partial charge on any atom is -0.354 e. The first-order chi connectivity index (χ1) is 16.1. The van der Waals surface area contributed by atoms with E-state index in [1.165, 1.54) is 0 Å². The molecule has 2 fully saturated rings. The van der Waals surface area contributed by atoms with Gasteiger partial charge in [-0.25, -0.2) is 9.97 Å². The van der Waals surface area contributed by atoms with Crippen molar-refractivity contribution in [3.05, 3.63) is 35.5 Å². The Labute approximate surface area is 203 Å². The summed E-state index contributed by atoms with van der Waals surface area (Å²) in [6.07, 6.45) is 4.28. The van der Waals surface area contributed by atoms with Gasteiger partial charge in [0, 0.05) is 56.1 Å². The van der Waals surface area contributed by atoms with Crippen molar-refractivity contribution in [2.24, 2.45) is 0 Å². The second-order valence-electron chi connectivity index (χ2n) is 8.80. The highest BCUT2D eigenvalue weighted by molar-refractivity contribution is 7.22. The highest BCUT2D eigenvalue weighted by Gasteiger charge is 2.22. The highest BCUT2D eigenvalue weighted by Crippen LogP contribution is 2.38. The zero-order valence-corrected chi connectivity index (χ0v) is 20.5. The summed E-state index contributed by atoms with van der Waals surface area (Å²) in [6.45, 7) is 7.26. The van der Waals surface area contributed by atoms with Crippen LogP contribution in [-0.4, -0.2) is 78.5 Å². The number of fused-ring (bicyclic) bond motifs is 1. The van der Waals surface area contributed by atoms with Crippen LogP contribution >= 0.6 is 22.9 Å². The second kappa shape index (κ2) is 9.93. The van der Waals surface area contributed by atoms with Gasteiger partial charge in [0.2, 0.25) is 11.9 Å². The number of halogens is 1. The van der Waals surface area contributed by atoms with Crippen LogP contribution in [0.25, 0.3) is 20.7 Å². The summed E-state index contributed by atoms with van der Waals surface area (Å²) < 4.78 is 1.12. The van der Waals surface area contributed by atoms with Gasteiger partial charge in [-0.05, 0) is 50.0 Å². The Balaban J connectivity index is 1.26. The van der Waals surface area contributed by atoms with Gasteiger partial charge in [0.1, 0.15) is 5.69 Å². The first-order valence-corrected chi connectivity index (χ1v) is 12.8. The first kappa shape index (κ1) is 22.5. The van der Waals surface area contributed by atoms with Gasteiger partial charge < -0.3 is 20.0 Å². The van der Waals surface area contributed by atoms with Crippen molar-refractivity contribution in [1.29, 1.82) is 0 Å². The number of likely N-dealkylation sites (N-methyl/N-ethyl adjacent to an activating group) is 1. The Morgan fingerprint density at radius 1 is 1.15 bits per heavy atom. The second-order valence-corrected chi connectivity index (χ2v) is 10.3. The fourth-order valence-electron chi connectivity index (χ4n) is 4.43. The van der Waals surface area contributed by atoms with Gasteiger partial charge in [0.25, 0.3) is 0 Å². The Hall–Kier alpha value is -2.26. The van der Waals surface area contributed by atoms with E-state index >= 15 is 0 Å². The average Bonchev–Trinajstić information content (AvgIpc) is 3.44. The topological polar surface area (TPSA) is 64.6 Å². The van der Waals surface area contributed by atoms with Crippen LogP contribution in [0.1, 0.15) is 19.3 Å². The van der Waals surface area contributed by atoms with E-state index in [1.54, 1.807) is 17.5 Å². The van der Waals surface area contributed by atoms with Crippen molar-refractivity contribution in [3.63, 3.8) is 0 Å². The lowest BCUT2D eigenvalue weighted by atomic mass is 10.2. The van der Waals surface area contributed by atoms with Crippen LogP contribution < -0.4 is 10.2 Å². The molecule has 0 atom stereocenters. The molecule has 4 heterocycles. The van der Waals surface area contributed by atoms with E-state index in [0.717, 1.165) is 85.0 Å². The van der Waals surface area contributed by atoms with Gasteiger partial charge in [0.05, 0.1) is 16.1 Å². The maximum Gasteiger partial charge on any atom is 0.227 e. The van der Waals surface area contributed by atoms with Crippen molar-refractivity contribution < 1.29 is 4.79 Å². The largest absolute Gasteiger partial charge is 0.354 e. The molecule has 1 aromatic carbocycles. The van der Waals surface area contributed by atoms with E-state index in [4.69, 9.17) is 16.6 Å². The molecule has 2 aliphatic rings. The number of hydrogen-bond acceptors (Lipinski definition) is 7. The average molecular weight is 485 g/mol. The van der Waals surface area contributed by atoms with Gasteiger partial charge >= 0.3 is 0 Å². The number of nitrogens with zero attached hydrogens (tertiary/aromatic N) is 5. The van der Waals surface area contributed by atoms with Crippen molar-refractivity contribution in [3.8, 4) is 10.6 Å². The van der Waals surface area contributed by atoms with Crippen LogP contribution in [0, 0.1) is 0 Å². The molecule has 9 heteroatoms. The van der Waals surface area contributed by atoms with Gasteiger partial charge in [0.15, 0.2) is 0 Å². The lowest BCUT2D eigenvalue weighted by Gasteiger charge is -2.32. The summed E-state index contributed by atoms with van der Waals surface area (Å²) in [5.41, 5.74) is 1.71. The number of thiophene rings is 1. The molecule has 0 bridgehead atoms. The summed E-state index contributed by atoms with van der Waals surface area (Å²) in [5.74, 6) is 0.807. The molecule has 3 aromatic rings. The van der Waals surface area contributed by atoms with E-state index in [9.17, 15) is 4.79 Å². The third-order valence-electron chi connectivity index (χ3n) is 6.40. The zero-order chi connectivity index (χ0) is 22.8. The standard InChI is InChI=1S/C24H29ClN6OS/c1-29-10-12-30(13-11-29)8-3-7-26-24-27-16-19(25)23(28-24)21-14-17-5-6-18(15-20(17)33-21)31-9-2-4-22(31)32/h5-6,14-16H,2-4,7-13H2,1H3,(H,26,27,28). The molecule has 0 aliphatic carbocycles. The van der Waals surface area contributed by atoms with E-state index in [-0.39, 0.29) is 5.91 Å². The number of amides is 1. The van der Waals surface area contributed by atoms with E-state index in [2.05, 4.69) is 45.3 Å². The van der Waals surface area contributed by atoms with Crippen molar-refractivity contribution in [1.82, 2.24) is 19.8 Å². The van der Waals surface area contributed by atoms with E-state index in [0.29, 0.717) is 17.4 Å². The Bertz CT molecular complexity index is 1140. The molecule has 1 N–H and O–H groups in total. The van der Waals surface area contributed by atoms with Crippen LogP contribution in [0.3, 0.4) is 0 Å². The predicted molar refractivity (Wildman–Crippen MR) is 136 cm³/mol. The molecule has 1 amide bonds. The number of piperazine rings is 1. The summed E-state index contributed by atoms with van der Waals surface area (Å²) in [5, 5.41) is 5.03. The Morgan fingerprint density at radius 2 is 2.00 bits per heavy atom. The van der Waals surface area contributed by atoms with Crippen LogP contribution in [0.5, 0.6) is 0 Å². The molecule has 0 spiro atoms.